The van der Waals surface area contributed by atoms with Crippen LogP contribution in [0.25, 0.3) is 0 Å². The number of nitriles is 1. The van der Waals surface area contributed by atoms with Gasteiger partial charge in [-0.25, -0.2) is 4.39 Å². The van der Waals surface area contributed by atoms with Gasteiger partial charge >= 0.3 is 0 Å². The van der Waals surface area contributed by atoms with E-state index in [9.17, 15) is 18.8 Å². The Morgan fingerprint density at radius 1 is 1.28 bits per heavy atom. The second-order valence-electron chi connectivity index (χ2n) is 5.78. The molecule has 8 heteroatoms. The molecule has 0 unspecified atom stereocenters. The number of hydrogen-bond donors (Lipinski definition) is 3. The number of benzene rings is 1. The van der Waals surface area contributed by atoms with Crippen LogP contribution in [0.5, 0.6) is 0 Å². The molecule has 1 rings (SSSR count). The highest BCUT2D eigenvalue weighted by Crippen LogP contribution is 2.11. The Balaban J connectivity index is 2.96. The second-order valence-corrected chi connectivity index (χ2v) is 5.78. The van der Waals surface area contributed by atoms with Gasteiger partial charge in [-0.1, -0.05) is 25.1 Å². The molecule has 0 fully saturated rings. The molecule has 4 N–H and O–H groups in total. The van der Waals surface area contributed by atoms with Crippen LogP contribution in [0.15, 0.2) is 24.3 Å². The van der Waals surface area contributed by atoms with E-state index in [4.69, 9.17) is 11.0 Å². The Morgan fingerprint density at radius 2 is 1.92 bits per heavy atom. The lowest BCUT2D eigenvalue weighted by Crippen LogP contribution is -2.55. The Morgan fingerprint density at radius 3 is 2.44 bits per heavy atom. The summed E-state index contributed by atoms with van der Waals surface area (Å²) in [5.41, 5.74) is 5.53. The van der Waals surface area contributed by atoms with Crippen LogP contribution in [0.4, 0.5) is 4.39 Å². The number of hydrogen-bond acceptors (Lipinski definition) is 4. The van der Waals surface area contributed by atoms with Crippen molar-refractivity contribution in [1.82, 2.24) is 10.6 Å². The first-order valence-corrected chi connectivity index (χ1v) is 7.73. The minimum absolute atomic E-state index is 0.0198. The number of carbonyl (C=O) groups is 3. The Bertz CT molecular complexity index is 687. The minimum atomic E-state index is -1.08. The van der Waals surface area contributed by atoms with Crippen LogP contribution in [0.2, 0.25) is 0 Å². The predicted octanol–water partition coefficient (Wildman–Crippen LogP) is 0.393. The third kappa shape index (κ3) is 6.22. The summed E-state index contributed by atoms with van der Waals surface area (Å²) < 4.78 is 13.8. The molecule has 0 spiro atoms. The molecule has 0 aromatic heterocycles. The van der Waals surface area contributed by atoms with Gasteiger partial charge in [0.25, 0.3) is 0 Å². The summed E-state index contributed by atoms with van der Waals surface area (Å²) in [6, 6.07) is 5.64. The maximum atomic E-state index is 13.8. The van der Waals surface area contributed by atoms with E-state index >= 15 is 0 Å². The molecule has 0 heterocycles. The number of primary amides is 1. The number of carbonyl (C=O) groups excluding carboxylic acids is 3. The molecule has 134 valence electrons. The molecular formula is C17H21FN4O3. The fourth-order valence-electron chi connectivity index (χ4n) is 2.35. The van der Waals surface area contributed by atoms with Crippen molar-refractivity contribution < 1.29 is 18.8 Å². The molecule has 0 aliphatic carbocycles. The van der Waals surface area contributed by atoms with Gasteiger partial charge in [0.15, 0.2) is 0 Å². The summed E-state index contributed by atoms with van der Waals surface area (Å²) >= 11 is 0. The zero-order valence-corrected chi connectivity index (χ0v) is 14.1. The summed E-state index contributed by atoms with van der Waals surface area (Å²) in [6.07, 6.45) is -0.0673. The summed E-state index contributed by atoms with van der Waals surface area (Å²) in [6.45, 7) is 2.83. The highest BCUT2D eigenvalue weighted by atomic mass is 19.1. The van der Waals surface area contributed by atoms with E-state index < -0.39 is 41.5 Å². The van der Waals surface area contributed by atoms with Crippen molar-refractivity contribution in [3.63, 3.8) is 0 Å². The standard InChI is InChI=1S/C17H21FN4O3/c1-10(7-8-19)15(16(20)24)22-17(25)14(21-11(2)23)9-12-5-3-4-6-13(12)18/h3-6,10,14-15H,7,9H2,1-2H3,(H2,20,24)(H,21,23)(H,22,25)/t10-,14+,15+/m1/s1. The van der Waals surface area contributed by atoms with E-state index in [1.165, 1.54) is 25.1 Å². The lowest BCUT2D eigenvalue weighted by atomic mass is 9.97. The molecule has 1 aromatic rings. The highest BCUT2D eigenvalue weighted by molar-refractivity contribution is 5.91. The Labute approximate surface area is 145 Å². The lowest BCUT2D eigenvalue weighted by molar-refractivity contribution is -0.131. The van der Waals surface area contributed by atoms with Crippen LogP contribution in [0.3, 0.4) is 0 Å². The molecule has 0 saturated heterocycles. The first kappa shape index (κ1) is 20.1. The molecule has 1 aromatic carbocycles. The number of nitrogens with one attached hydrogen (secondary N) is 2. The van der Waals surface area contributed by atoms with E-state index in [1.54, 1.807) is 13.0 Å². The van der Waals surface area contributed by atoms with Crippen LogP contribution in [0.1, 0.15) is 25.8 Å². The molecule has 3 atom stereocenters. The average molecular weight is 348 g/mol. The maximum Gasteiger partial charge on any atom is 0.243 e. The van der Waals surface area contributed by atoms with Crippen LogP contribution in [-0.4, -0.2) is 29.8 Å². The first-order valence-electron chi connectivity index (χ1n) is 7.73. The van der Waals surface area contributed by atoms with Crippen molar-refractivity contribution in [3.05, 3.63) is 35.6 Å². The van der Waals surface area contributed by atoms with E-state index in [1.807, 2.05) is 6.07 Å². The molecule has 0 aliphatic heterocycles. The van der Waals surface area contributed by atoms with Gasteiger partial charge in [-0.15, -0.1) is 0 Å². The van der Waals surface area contributed by atoms with Crippen LogP contribution in [0, 0.1) is 23.1 Å². The highest BCUT2D eigenvalue weighted by Gasteiger charge is 2.29. The van der Waals surface area contributed by atoms with Gasteiger partial charge in [0.1, 0.15) is 17.9 Å². The second kappa shape index (κ2) is 9.37. The molecule has 3 amide bonds. The maximum absolute atomic E-state index is 13.8. The van der Waals surface area contributed by atoms with E-state index in [2.05, 4.69) is 10.6 Å². The van der Waals surface area contributed by atoms with E-state index in [0.29, 0.717) is 0 Å². The molecule has 0 saturated carbocycles. The van der Waals surface area contributed by atoms with E-state index in [-0.39, 0.29) is 18.4 Å². The summed E-state index contributed by atoms with van der Waals surface area (Å²) in [5, 5.41) is 13.6. The van der Waals surface area contributed by atoms with Gasteiger partial charge in [0.05, 0.1) is 6.07 Å². The van der Waals surface area contributed by atoms with Crippen molar-refractivity contribution in [2.24, 2.45) is 11.7 Å². The lowest BCUT2D eigenvalue weighted by Gasteiger charge is -2.24. The third-order valence-electron chi connectivity index (χ3n) is 3.66. The fourth-order valence-corrected chi connectivity index (χ4v) is 2.35. The van der Waals surface area contributed by atoms with Crippen LogP contribution in [-0.2, 0) is 20.8 Å². The van der Waals surface area contributed by atoms with Crippen LogP contribution < -0.4 is 16.4 Å². The van der Waals surface area contributed by atoms with Crippen molar-refractivity contribution in [2.75, 3.05) is 0 Å². The smallest absolute Gasteiger partial charge is 0.243 e. The van der Waals surface area contributed by atoms with Crippen molar-refractivity contribution in [3.8, 4) is 6.07 Å². The molecule has 7 nitrogen and oxygen atoms in total. The van der Waals surface area contributed by atoms with Gasteiger partial charge in [-0.05, 0) is 17.5 Å². The largest absolute Gasteiger partial charge is 0.368 e. The summed E-state index contributed by atoms with van der Waals surface area (Å²) in [7, 11) is 0. The van der Waals surface area contributed by atoms with Gasteiger partial charge in [0.2, 0.25) is 17.7 Å². The number of halogens is 1. The van der Waals surface area contributed by atoms with Gasteiger partial charge in [-0.2, -0.15) is 5.26 Å². The molecule has 25 heavy (non-hydrogen) atoms. The monoisotopic (exact) mass is 348 g/mol. The fraction of sp³-hybridized carbons (Fsp3) is 0.412. The number of nitrogens with zero attached hydrogens (tertiary/aromatic N) is 1. The van der Waals surface area contributed by atoms with Gasteiger partial charge < -0.3 is 16.4 Å². The summed E-state index contributed by atoms with van der Waals surface area (Å²) in [5.74, 6) is -2.94. The van der Waals surface area contributed by atoms with Crippen molar-refractivity contribution >= 4 is 17.7 Å². The number of rotatable bonds is 8. The van der Waals surface area contributed by atoms with E-state index in [0.717, 1.165) is 0 Å². The van der Waals surface area contributed by atoms with Gasteiger partial charge in [-0.3, -0.25) is 14.4 Å². The van der Waals surface area contributed by atoms with Crippen molar-refractivity contribution in [2.45, 2.75) is 38.8 Å². The quantitative estimate of drug-likeness (QED) is 0.628. The predicted molar refractivity (Wildman–Crippen MR) is 88.2 cm³/mol. The normalized spacial score (nSPS) is 13.8. The van der Waals surface area contributed by atoms with Crippen molar-refractivity contribution in [1.29, 1.82) is 5.26 Å². The SMILES string of the molecule is CC(=O)N[C@@H](Cc1ccccc1F)C(=O)N[C@H](C(N)=O)[C@H](C)CC#N. The average Bonchev–Trinajstić information content (AvgIpc) is 2.53. The number of amides is 3. The molecule has 0 bridgehead atoms. The molecule has 0 radical (unpaired) electrons. The molecular weight excluding hydrogens is 327 g/mol. The number of nitrogens with two attached hydrogens (primary N) is 1. The first-order chi connectivity index (χ1) is 11.8. The minimum Gasteiger partial charge on any atom is -0.368 e. The topological polar surface area (TPSA) is 125 Å². The molecule has 0 aliphatic rings. The third-order valence-corrected chi connectivity index (χ3v) is 3.66. The Kier molecular flexibility index (Phi) is 7.53. The zero-order chi connectivity index (χ0) is 19.0. The van der Waals surface area contributed by atoms with Crippen LogP contribution >= 0.6 is 0 Å². The zero-order valence-electron chi connectivity index (χ0n) is 14.1. The Hall–Kier alpha value is -2.95. The van der Waals surface area contributed by atoms with Gasteiger partial charge in [0, 0.05) is 19.8 Å². The summed E-state index contributed by atoms with van der Waals surface area (Å²) in [4.78, 5) is 35.4.